The fourth-order valence-electron chi connectivity index (χ4n) is 1.62. The minimum atomic E-state index is -3.42. The van der Waals surface area contributed by atoms with E-state index in [4.69, 9.17) is 0 Å². The SMILES string of the molecule is CCCCCCCCC(F)CCOS(C)(=O)=O. The summed E-state index contributed by atoms with van der Waals surface area (Å²) in [6.07, 6.45) is 7.52. The Hall–Kier alpha value is -0.160. The first-order valence-electron chi connectivity index (χ1n) is 6.44. The standard InChI is InChI=1S/C12H25FO3S/c1-3-4-5-6-7-8-9-12(13)10-11-16-17(2,14)15/h12H,3-11H2,1-2H3. The molecule has 0 aliphatic heterocycles. The summed E-state index contributed by atoms with van der Waals surface area (Å²) in [5, 5.41) is 0. The molecule has 0 saturated heterocycles. The molecule has 1 unspecified atom stereocenters. The minimum Gasteiger partial charge on any atom is -0.270 e. The van der Waals surface area contributed by atoms with Gasteiger partial charge in [0.15, 0.2) is 0 Å². The molecule has 0 aromatic heterocycles. The summed E-state index contributed by atoms with van der Waals surface area (Å²) in [5.41, 5.74) is 0. The van der Waals surface area contributed by atoms with Crippen LogP contribution in [0.2, 0.25) is 0 Å². The van der Waals surface area contributed by atoms with E-state index in [1.165, 1.54) is 25.7 Å². The van der Waals surface area contributed by atoms with E-state index < -0.39 is 16.3 Å². The van der Waals surface area contributed by atoms with Crippen molar-refractivity contribution < 1.29 is 17.0 Å². The fraction of sp³-hybridized carbons (Fsp3) is 1.00. The number of halogens is 1. The Labute approximate surface area is 105 Å². The Balaban J connectivity index is 3.32. The van der Waals surface area contributed by atoms with Gasteiger partial charge < -0.3 is 0 Å². The van der Waals surface area contributed by atoms with Gasteiger partial charge in [-0.3, -0.25) is 4.18 Å². The van der Waals surface area contributed by atoms with Crippen LogP contribution in [0.1, 0.15) is 58.3 Å². The summed E-state index contributed by atoms with van der Waals surface area (Å²) < 4.78 is 39.0. The molecule has 0 N–H and O–H groups in total. The Bertz CT molecular complexity index is 265. The Morgan fingerprint density at radius 1 is 1.06 bits per heavy atom. The van der Waals surface area contributed by atoms with Crippen molar-refractivity contribution in [2.45, 2.75) is 64.5 Å². The Kier molecular flexibility index (Phi) is 9.74. The average Bonchev–Trinajstić information content (AvgIpc) is 2.21. The van der Waals surface area contributed by atoms with E-state index >= 15 is 0 Å². The van der Waals surface area contributed by atoms with Crippen LogP contribution in [0.25, 0.3) is 0 Å². The number of hydrogen-bond acceptors (Lipinski definition) is 3. The highest BCUT2D eigenvalue weighted by Gasteiger charge is 2.08. The Morgan fingerprint density at radius 3 is 2.24 bits per heavy atom. The maximum absolute atomic E-state index is 13.3. The van der Waals surface area contributed by atoms with Crippen LogP contribution in [0.15, 0.2) is 0 Å². The fourth-order valence-corrected chi connectivity index (χ4v) is 2.02. The summed E-state index contributed by atoms with van der Waals surface area (Å²) >= 11 is 0. The third kappa shape index (κ3) is 13.8. The van der Waals surface area contributed by atoms with Crippen LogP contribution >= 0.6 is 0 Å². The molecular weight excluding hydrogens is 243 g/mol. The predicted molar refractivity (Wildman–Crippen MR) is 68.3 cm³/mol. The van der Waals surface area contributed by atoms with Crippen LogP contribution in [0.5, 0.6) is 0 Å². The maximum atomic E-state index is 13.3. The molecule has 0 amide bonds. The highest BCUT2D eigenvalue weighted by molar-refractivity contribution is 7.85. The quantitative estimate of drug-likeness (QED) is 0.426. The molecule has 0 radical (unpaired) electrons. The predicted octanol–water partition coefficient (Wildman–Crippen LogP) is 3.44. The lowest BCUT2D eigenvalue weighted by Gasteiger charge is -2.07. The van der Waals surface area contributed by atoms with Gasteiger partial charge in [-0.25, -0.2) is 4.39 Å². The zero-order chi connectivity index (χ0) is 13.1. The van der Waals surface area contributed by atoms with Gasteiger partial charge in [-0.1, -0.05) is 45.4 Å². The molecule has 0 aliphatic carbocycles. The van der Waals surface area contributed by atoms with Crippen molar-refractivity contribution in [1.82, 2.24) is 0 Å². The number of alkyl halides is 1. The summed E-state index contributed by atoms with van der Waals surface area (Å²) in [6.45, 7) is 2.12. The molecule has 17 heavy (non-hydrogen) atoms. The third-order valence-corrected chi connectivity index (χ3v) is 3.19. The third-order valence-electron chi connectivity index (χ3n) is 2.60. The molecule has 0 spiro atoms. The first kappa shape index (κ1) is 16.8. The van der Waals surface area contributed by atoms with Crippen molar-refractivity contribution in [2.24, 2.45) is 0 Å². The molecule has 104 valence electrons. The van der Waals surface area contributed by atoms with Crippen LogP contribution in [0.4, 0.5) is 4.39 Å². The molecule has 1 atom stereocenters. The molecule has 3 nitrogen and oxygen atoms in total. The topological polar surface area (TPSA) is 43.4 Å². The van der Waals surface area contributed by atoms with Gasteiger partial charge in [0, 0.05) is 6.42 Å². The monoisotopic (exact) mass is 268 g/mol. The van der Waals surface area contributed by atoms with E-state index in [1.807, 2.05) is 0 Å². The highest BCUT2D eigenvalue weighted by Crippen LogP contribution is 2.12. The van der Waals surface area contributed by atoms with Crippen LogP contribution < -0.4 is 0 Å². The maximum Gasteiger partial charge on any atom is 0.264 e. The second kappa shape index (κ2) is 9.83. The summed E-state index contributed by atoms with van der Waals surface area (Å²) in [7, 11) is -3.42. The van der Waals surface area contributed by atoms with E-state index in [-0.39, 0.29) is 13.0 Å². The first-order chi connectivity index (χ1) is 7.95. The van der Waals surface area contributed by atoms with E-state index in [1.54, 1.807) is 0 Å². The van der Waals surface area contributed by atoms with Gasteiger partial charge >= 0.3 is 0 Å². The van der Waals surface area contributed by atoms with E-state index in [0.29, 0.717) is 6.42 Å². The van der Waals surface area contributed by atoms with Gasteiger partial charge in [-0.05, 0) is 6.42 Å². The molecule has 0 saturated carbocycles. The van der Waals surface area contributed by atoms with Gasteiger partial charge in [-0.15, -0.1) is 0 Å². The van der Waals surface area contributed by atoms with Gasteiger partial charge in [0.2, 0.25) is 0 Å². The van der Waals surface area contributed by atoms with E-state index in [0.717, 1.165) is 19.1 Å². The number of rotatable bonds is 11. The van der Waals surface area contributed by atoms with Gasteiger partial charge in [0.25, 0.3) is 10.1 Å². The van der Waals surface area contributed by atoms with Crippen molar-refractivity contribution in [3.05, 3.63) is 0 Å². The minimum absolute atomic E-state index is 0.0458. The van der Waals surface area contributed by atoms with E-state index in [2.05, 4.69) is 11.1 Å². The molecule has 0 rings (SSSR count). The van der Waals surface area contributed by atoms with Crippen LogP contribution in [0.3, 0.4) is 0 Å². The molecule has 5 heteroatoms. The average molecular weight is 268 g/mol. The van der Waals surface area contributed by atoms with E-state index in [9.17, 15) is 12.8 Å². The molecule has 0 aromatic carbocycles. The number of hydrogen-bond donors (Lipinski definition) is 0. The lowest BCUT2D eigenvalue weighted by atomic mass is 10.1. The largest absolute Gasteiger partial charge is 0.270 e. The normalized spacial score (nSPS) is 13.8. The van der Waals surface area contributed by atoms with Crippen molar-refractivity contribution in [3.63, 3.8) is 0 Å². The van der Waals surface area contributed by atoms with Gasteiger partial charge in [0.1, 0.15) is 6.17 Å². The highest BCUT2D eigenvalue weighted by atomic mass is 32.2. The van der Waals surface area contributed by atoms with Crippen molar-refractivity contribution in [2.75, 3.05) is 12.9 Å². The molecule has 0 fully saturated rings. The molecule has 0 aliphatic rings. The molecular formula is C12H25FO3S. The summed E-state index contributed by atoms with van der Waals surface area (Å²) in [4.78, 5) is 0. The first-order valence-corrected chi connectivity index (χ1v) is 8.26. The summed E-state index contributed by atoms with van der Waals surface area (Å²) in [6, 6.07) is 0. The second-order valence-corrected chi connectivity index (χ2v) is 6.11. The second-order valence-electron chi connectivity index (χ2n) is 4.47. The van der Waals surface area contributed by atoms with Crippen LogP contribution in [0, 0.1) is 0 Å². The lowest BCUT2D eigenvalue weighted by Crippen LogP contribution is -2.09. The summed E-state index contributed by atoms with van der Waals surface area (Å²) in [5.74, 6) is 0. The molecule has 0 heterocycles. The smallest absolute Gasteiger partial charge is 0.264 e. The number of unbranched alkanes of at least 4 members (excludes halogenated alkanes) is 5. The zero-order valence-electron chi connectivity index (χ0n) is 11.0. The lowest BCUT2D eigenvalue weighted by molar-refractivity contribution is 0.227. The van der Waals surface area contributed by atoms with Crippen molar-refractivity contribution in [1.29, 1.82) is 0 Å². The van der Waals surface area contributed by atoms with Crippen molar-refractivity contribution >= 4 is 10.1 Å². The molecule has 0 aromatic rings. The zero-order valence-corrected chi connectivity index (χ0v) is 11.8. The van der Waals surface area contributed by atoms with Crippen LogP contribution in [-0.2, 0) is 14.3 Å². The Morgan fingerprint density at radius 2 is 1.65 bits per heavy atom. The van der Waals surface area contributed by atoms with Gasteiger partial charge in [-0.2, -0.15) is 8.42 Å². The van der Waals surface area contributed by atoms with Gasteiger partial charge in [0.05, 0.1) is 12.9 Å². The van der Waals surface area contributed by atoms with Crippen molar-refractivity contribution in [3.8, 4) is 0 Å². The molecule has 0 bridgehead atoms. The van der Waals surface area contributed by atoms with Crippen LogP contribution in [-0.4, -0.2) is 27.5 Å².